The fraction of sp³-hybridized carbons (Fsp3) is 0.875. The van der Waals surface area contributed by atoms with E-state index < -0.39 is 12.2 Å². The Morgan fingerprint density at radius 3 is 1.57 bits per heavy atom. The maximum atomic E-state index is 12.4. The smallest absolute Gasteiger partial charge is 0.407 e. The van der Waals surface area contributed by atoms with Crippen molar-refractivity contribution >= 4 is 24.1 Å². The highest BCUT2D eigenvalue weighted by Gasteiger charge is 2.17. The standard InChI is InChI=1S/C32H60N4O8/c1-5-13-27(7-3)43-31(39)33-17-11-25-41-29(37)15-21-36(24-23-35-19-9-10-20-35)22-16-30(38)42-26-12-18-34-32(40)44-28(8-4)14-6-2/h27-28H,5-26H2,1-4H3,(H,33,39)(H,34,40). The van der Waals surface area contributed by atoms with Crippen LogP contribution in [0.15, 0.2) is 0 Å². The molecule has 256 valence electrons. The van der Waals surface area contributed by atoms with Crippen molar-refractivity contribution in [3.63, 3.8) is 0 Å². The first-order chi connectivity index (χ1) is 21.3. The van der Waals surface area contributed by atoms with Crippen LogP contribution in [0.3, 0.4) is 0 Å². The first-order valence-corrected chi connectivity index (χ1v) is 17.0. The Bertz CT molecular complexity index is 740. The summed E-state index contributed by atoms with van der Waals surface area (Å²) in [5.74, 6) is -0.609. The zero-order valence-electron chi connectivity index (χ0n) is 27.9. The Morgan fingerprint density at radius 2 is 1.16 bits per heavy atom. The maximum absolute atomic E-state index is 12.4. The minimum absolute atomic E-state index is 0.0725. The van der Waals surface area contributed by atoms with Gasteiger partial charge in [0.05, 0.1) is 26.1 Å². The Hall–Kier alpha value is -2.60. The van der Waals surface area contributed by atoms with Gasteiger partial charge in [-0.25, -0.2) is 9.59 Å². The highest BCUT2D eigenvalue weighted by atomic mass is 16.6. The van der Waals surface area contributed by atoms with Crippen LogP contribution in [0.4, 0.5) is 9.59 Å². The van der Waals surface area contributed by atoms with Gasteiger partial charge in [0.25, 0.3) is 0 Å². The van der Waals surface area contributed by atoms with E-state index in [0.717, 1.165) is 64.7 Å². The van der Waals surface area contributed by atoms with Crippen LogP contribution in [0.2, 0.25) is 0 Å². The zero-order valence-corrected chi connectivity index (χ0v) is 27.9. The normalized spacial score (nSPS) is 14.6. The summed E-state index contributed by atoms with van der Waals surface area (Å²) in [6.07, 6.45) is 8.00. The van der Waals surface area contributed by atoms with Crippen molar-refractivity contribution in [2.24, 2.45) is 0 Å². The minimum atomic E-state index is -0.437. The van der Waals surface area contributed by atoms with Gasteiger partial charge >= 0.3 is 24.1 Å². The second-order valence-electron chi connectivity index (χ2n) is 11.3. The van der Waals surface area contributed by atoms with Crippen LogP contribution in [0, 0.1) is 0 Å². The van der Waals surface area contributed by atoms with E-state index in [-0.39, 0.29) is 50.2 Å². The fourth-order valence-corrected chi connectivity index (χ4v) is 4.89. The number of nitrogens with zero attached hydrogens (tertiary/aromatic N) is 2. The maximum Gasteiger partial charge on any atom is 0.407 e. The summed E-state index contributed by atoms with van der Waals surface area (Å²) >= 11 is 0. The first-order valence-electron chi connectivity index (χ1n) is 17.0. The summed E-state index contributed by atoms with van der Waals surface area (Å²) in [6, 6.07) is 0. The summed E-state index contributed by atoms with van der Waals surface area (Å²) < 4.78 is 21.5. The van der Waals surface area contributed by atoms with Gasteiger partial charge in [-0.3, -0.25) is 9.59 Å². The number of carbonyl (C=O) groups excluding carboxylic acids is 4. The van der Waals surface area contributed by atoms with E-state index >= 15 is 0 Å². The van der Waals surface area contributed by atoms with E-state index in [1.165, 1.54) is 12.8 Å². The van der Waals surface area contributed by atoms with E-state index in [4.69, 9.17) is 18.9 Å². The van der Waals surface area contributed by atoms with E-state index in [1.807, 2.05) is 13.8 Å². The number of ether oxygens (including phenoxy) is 4. The minimum Gasteiger partial charge on any atom is -0.466 e. The molecule has 0 aromatic rings. The molecule has 1 aliphatic rings. The topological polar surface area (TPSA) is 136 Å². The number of carbonyl (C=O) groups is 4. The van der Waals surface area contributed by atoms with Gasteiger partial charge in [-0.15, -0.1) is 0 Å². The first kappa shape index (κ1) is 39.4. The van der Waals surface area contributed by atoms with Gasteiger partial charge in [0, 0.05) is 39.3 Å². The van der Waals surface area contributed by atoms with Crippen LogP contribution in [0.5, 0.6) is 0 Å². The van der Waals surface area contributed by atoms with E-state index in [1.54, 1.807) is 0 Å². The number of nitrogens with one attached hydrogen (secondary N) is 2. The molecule has 0 aromatic carbocycles. The summed E-state index contributed by atoms with van der Waals surface area (Å²) in [4.78, 5) is 53.0. The molecule has 1 aliphatic heterocycles. The van der Waals surface area contributed by atoms with Crippen molar-refractivity contribution in [2.45, 2.75) is 117 Å². The van der Waals surface area contributed by atoms with E-state index in [9.17, 15) is 19.2 Å². The number of hydrogen-bond acceptors (Lipinski definition) is 10. The molecule has 2 amide bonds. The van der Waals surface area contributed by atoms with E-state index in [2.05, 4.69) is 34.3 Å². The van der Waals surface area contributed by atoms with Gasteiger partial charge in [0.1, 0.15) is 12.2 Å². The van der Waals surface area contributed by atoms with Crippen LogP contribution in [0.25, 0.3) is 0 Å². The third-order valence-corrected chi connectivity index (χ3v) is 7.58. The van der Waals surface area contributed by atoms with Crippen molar-refractivity contribution < 1.29 is 38.1 Å². The SMILES string of the molecule is CCCC(CC)OC(=O)NCCCOC(=O)CCN(CCC(=O)OCCCNC(=O)OC(CC)CCC)CCN1CCCC1. The van der Waals surface area contributed by atoms with Crippen LogP contribution in [-0.4, -0.2) is 112 Å². The number of alkyl carbamates (subject to hydrolysis) is 2. The third-order valence-electron chi connectivity index (χ3n) is 7.58. The molecule has 44 heavy (non-hydrogen) atoms. The lowest BCUT2D eigenvalue weighted by molar-refractivity contribution is -0.144. The zero-order chi connectivity index (χ0) is 32.4. The van der Waals surface area contributed by atoms with Crippen LogP contribution in [0.1, 0.15) is 105 Å². The van der Waals surface area contributed by atoms with Crippen molar-refractivity contribution in [1.29, 1.82) is 0 Å². The highest BCUT2D eigenvalue weighted by molar-refractivity contribution is 5.70. The molecule has 12 nitrogen and oxygen atoms in total. The molecule has 0 aromatic heterocycles. The lowest BCUT2D eigenvalue weighted by atomic mass is 10.2. The molecule has 1 fully saturated rings. The second kappa shape index (κ2) is 25.7. The molecule has 0 radical (unpaired) electrons. The molecular formula is C32H60N4O8. The Morgan fingerprint density at radius 1 is 0.705 bits per heavy atom. The molecule has 2 N–H and O–H groups in total. The fourth-order valence-electron chi connectivity index (χ4n) is 4.89. The Labute approximate surface area is 265 Å². The number of likely N-dealkylation sites (tertiary alicyclic amines) is 1. The number of rotatable bonds is 25. The third kappa shape index (κ3) is 20.4. The van der Waals surface area contributed by atoms with E-state index in [0.29, 0.717) is 39.0 Å². The van der Waals surface area contributed by atoms with Crippen molar-refractivity contribution in [3.05, 3.63) is 0 Å². The molecule has 12 heteroatoms. The van der Waals surface area contributed by atoms with Gasteiger partial charge in [-0.2, -0.15) is 0 Å². The largest absolute Gasteiger partial charge is 0.466 e. The van der Waals surface area contributed by atoms with Gasteiger partial charge in [0.15, 0.2) is 0 Å². The molecule has 1 rings (SSSR count). The summed E-state index contributed by atoms with van der Waals surface area (Å²) in [6.45, 7) is 14.1. The number of hydrogen-bond donors (Lipinski definition) is 2. The lowest BCUT2D eigenvalue weighted by Crippen LogP contribution is -2.36. The molecule has 0 saturated carbocycles. The summed E-state index contributed by atoms with van der Waals surface area (Å²) in [7, 11) is 0. The van der Waals surface area contributed by atoms with Crippen LogP contribution in [-0.2, 0) is 28.5 Å². The second-order valence-corrected chi connectivity index (χ2v) is 11.3. The molecule has 0 aliphatic carbocycles. The summed E-state index contributed by atoms with van der Waals surface area (Å²) in [5, 5.41) is 5.41. The predicted octanol–water partition coefficient (Wildman–Crippen LogP) is 4.64. The molecular weight excluding hydrogens is 568 g/mol. The molecule has 1 saturated heterocycles. The van der Waals surface area contributed by atoms with Crippen molar-refractivity contribution in [1.82, 2.24) is 20.4 Å². The number of esters is 2. The average Bonchev–Trinajstić information content (AvgIpc) is 3.53. The van der Waals surface area contributed by atoms with Gasteiger partial charge in [0.2, 0.25) is 0 Å². The Balaban J connectivity index is 2.28. The van der Waals surface area contributed by atoms with Gasteiger partial charge in [-0.05, 0) is 64.5 Å². The van der Waals surface area contributed by atoms with Gasteiger partial charge in [-0.1, -0.05) is 40.5 Å². The quantitative estimate of drug-likeness (QED) is 0.0836. The molecule has 0 spiro atoms. The molecule has 0 bridgehead atoms. The average molecular weight is 629 g/mol. The summed E-state index contributed by atoms with van der Waals surface area (Å²) in [5.41, 5.74) is 0. The Kier molecular flexibility index (Phi) is 23.0. The van der Waals surface area contributed by atoms with Gasteiger partial charge < -0.3 is 39.4 Å². The number of amides is 2. The molecule has 2 unspecified atom stereocenters. The monoisotopic (exact) mass is 628 g/mol. The van der Waals surface area contributed by atoms with Crippen LogP contribution < -0.4 is 10.6 Å². The molecule has 1 heterocycles. The lowest BCUT2D eigenvalue weighted by Gasteiger charge is -2.24. The van der Waals surface area contributed by atoms with Crippen molar-refractivity contribution in [2.75, 3.05) is 65.6 Å². The van der Waals surface area contributed by atoms with Crippen LogP contribution >= 0.6 is 0 Å². The predicted molar refractivity (Wildman–Crippen MR) is 169 cm³/mol. The van der Waals surface area contributed by atoms with Crippen molar-refractivity contribution in [3.8, 4) is 0 Å². The highest BCUT2D eigenvalue weighted by Crippen LogP contribution is 2.09. The molecule has 2 atom stereocenters.